The molecular formula is C13H22N4O3S. The first-order valence-electron chi connectivity index (χ1n) is 6.91. The number of hydrogen-bond acceptors (Lipinski definition) is 6. The third-order valence-corrected chi connectivity index (χ3v) is 5.33. The zero-order valence-corrected chi connectivity index (χ0v) is 13.3. The molecule has 0 radical (unpaired) electrons. The summed E-state index contributed by atoms with van der Waals surface area (Å²) in [6, 6.07) is 3.27. The molecule has 1 N–H and O–H groups in total. The van der Waals surface area contributed by atoms with E-state index in [0.717, 1.165) is 13.1 Å². The van der Waals surface area contributed by atoms with Crippen LogP contribution in [0.15, 0.2) is 23.2 Å². The van der Waals surface area contributed by atoms with Gasteiger partial charge in [0.15, 0.2) is 0 Å². The number of methoxy groups -OCH3 is 1. The van der Waals surface area contributed by atoms with Crippen molar-refractivity contribution in [3.63, 3.8) is 0 Å². The van der Waals surface area contributed by atoms with Gasteiger partial charge in [0.2, 0.25) is 10.0 Å². The van der Waals surface area contributed by atoms with E-state index in [9.17, 15) is 8.42 Å². The van der Waals surface area contributed by atoms with Gasteiger partial charge in [-0.05, 0) is 19.2 Å². The number of aromatic nitrogens is 1. The van der Waals surface area contributed by atoms with Crippen LogP contribution in [0.4, 0.5) is 5.82 Å². The van der Waals surface area contributed by atoms with E-state index in [0.29, 0.717) is 32.1 Å². The van der Waals surface area contributed by atoms with E-state index in [1.165, 1.54) is 10.5 Å². The van der Waals surface area contributed by atoms with Gasteiger partial charge in [-0.1, -0.05) is 0 Å². The van der Waals surface area contributed by atoms with E-state index in [-0.39, 0.29) is 4.90 Å². The Morgan fingerprint density at radius 3 is 2.57 bits per heavy atom. The summed E-state index contributed by atoms with van der Waals surface area (Å²) in [5.74, 6) is 0.643. The predicted molar refractivity (Wildman–Crippen MR) is 80.9 cm³/mol. The summed E-state index contributed by atoms with van der Waals surface area (Å²) >= 11 is 0. The maximum absolute atomic E-state index is 12.5. The fourth-order valence-electron chi connectivity index (χ4n) is 2.10. The number of ether oxygens (including phenoxy) is 1. The van der Waals surface area contributed by atoms with Gasteiger partial charge >= 0.3 is 0 Å². The van der Waals surface area contributed by atoms with Crippen LogP contribution in [0.2, 0.25) is 0 Å². The Morgan fingerprint density at radius 2 is 2.00 bits per heavy atom. The Balaban J connectivity index is 2.03. The van der Waals surface area contributed by atoms with Crippen LogP contribution in [-0.4, -0.2) is 76.1 Å². The monoisotopic (exact) mass is 314 g/mol. The van der Waals surface area contributed by atoms with Gasteiger partial charge < -0.3 is 15.0 Å². The van der Waals surface area contributed by atoms with Crippen LogP contribution in [0, 0.1) is 0 Å². The lowest BCUT2D eigenvalue weighted by Crippen LogP contribution is -2.47. The van der Waals surface area contributed by atoms with Crippen molar-refractivity contribution in [3.05, 3.63) is 18.3 Å². The molecule has 0 unspecified atom stereocenters. The van der Waals surface area contributed by atoms with Crippen LogP contribution < -0.4 is 5.32 Å². The SMILES string of the molecule is COCCNc1ccc(S(=O)(=O)N2CCN(C)CC2)cn1. The Kier molecular flexibility index (Phi) is 5.51. The van der Waals surface area contributed by atoms with Crippen LogP contribution in [0.25, 0.3) is 0 Å². The van der Waals surface area contributed by atoms with Crippen LogP contribution in [0.3, 0.4) is 0 Å². The fourth-order valence-corrected chi connectivity index (χ4v) is 3.46. The fraction of sp³-hybridized carbons (Fsp3) is 0.615. The number of hydrogen-bond donors (Lipinski definition) is 1. The molecule has 7 nitrogen and oxygen atoms in total. The van der Waals surface area contributed by atoms with Gasteiger partial charge in [-0.25, -0.2) is 13.4 Å². The van der Waals surface area contributed by atoms with E-state index >= 15 is 0 Å². The van der Waals surface area contributed by atoms with Gasteiger partial charge in [-0.2, -0.15) is 4.31 Å². The lowest BCUT2D eigenvalue weighted by molar-refractivity contribution is 0.210. The molecule has 0 atom stereocenters. The van der Waals surface area contributed by atoms with Crippen LogP contribution in [-0.2, 0) is 14.8 Å². The van der Waals surface area contributed by atoms with Crippen LogP contribution in [0.5, 0.6) is 0 Å². The average molecular weight is 314 g/mol. The molecule has 118 valence electrons. The van der Waals surface area contributed by atoms with Crippen molar-refractivity contribution in [1.29, 1.82) is 0 Å². The molecule has 0 spiro atoms. The molecule has 1 aromatic rings. The molecule has 2 heterocycles. The topological polar surface area (TPSA) is 74.8 Å². The molecule has 0 bridgehead atoms. The van der Waals surface area contributed by atoms with E-state index in [2.05, 4.69) is 15.2 Å². The minimum Gasteiger partial charge on any atom is -0.383 e. The maximum atomic E-state index is 12.5. The number of nitrogens with zero attached hydrogens (tertiary/aromatic N) is 3. The number of likely N-dealkylation sites (N-methyl/N-ethyl adjacent to an activating group) is 1. The van der Waals surface area contributed by atoms with Gasteiger partial charge in [-0.3, -0.25) is 0 Å². The average Bonchev–Trinajstić information content (AvgIpc) is 2.48. The van der Waals surface area contributed by atoms with E-state index in [4.69, 9.17) is 4.74 Å². The number of rotatable bonds is 6. The van der Waals surface area contributed by atoms with Crippen molar-refractivity contribution in [2.24, 2.45) is 0 Å². The lowest BCUT2D eigenvalue weighted by Gasteiger charge is -2.31. The second-order valence-electron chi connectivity index (χ2n) is 5.01. The third kappa shape index (κ3) is 4.13. The van der Waals surface area contributed by atoms with Gasteiger partial charge in [0, 0.05) is 46.0 Å². The molecule has 21 heavy (non-hydrogen) atoms. The van der Waals surface area contributed by atoms with Gasteiger partial charge in [0.05, 0.1) is 6.61 Å². The van der Waals surface area contributed by atoms with E-state index in [1.54, 1.807) is 19.2 Å². The predicted octanol–water partition coefficient (Wildman–Crippen LogP) is 0.0760. The molecule has 0 aliphatic carbocycles. The Labute approximate surface area is 126 Å². The van der Waals surface area contributed by atoms with E-state index in [1.807, 2.05) is 7.05 Å². The first-order chi connectivity index (χ1) is 10.0. The smallest absolute Gasteiger partial charge is 0.244 e. The molecule has 0 saturated carbocycles. The van der Waals surface area contributed by atoms with Crippen molar-refractivity contribution in [3.8, 4) is 0 Å². The zero-order valence-electron chi connectivity index (χ0n) is 12.4. The highest BCUT2D eigenvalue weighted by Gasteiger charge is 2.27. The first kappa shape index (κ1) is 16.2. The Morgan fingerprint density at radius 1 is 1.29 bits per heavy atom. The Hall–Kier alpha value is -1.22. The second kappa shape index (κ2) is 7.17. The summed E-state index contributed by atoms with van der Waals surface area (Å²) in [7, 11) is 0.182. The third-order valence-electron chi connectivity index (χ3n) is 3.45. The van der Waals surface area contributed by atoms with Crippen molar-refractivity contribution in [2.45, 2.75) is 4.90 Å². The summed E-state index contributed by atoms with van der Waals surface area (Å²) in [5, 5.41) is 3.06. The number of pyridine rings is 1. The van der Waals surface area contributed by atoms with E-state index < -0.39 is 10.0 Å². The van der Waals surface area contributed by atoms with Gasteiger partial charge in [-0.15, -0.1) is 0 Å². The van der Waals surface area contributed by atoms with Gasteiger partial charge in [0.25, 0.3) is 0 Å². The molecule has 0 amide bonds. The quantitative estimate of drug-likeness (QED) is 0.749. The van der Waals surface area contributed by atoms with Gasteiger partial charge in [0.1, 0.15) is 10.7 Å². The molecule has 1 aromatic heterocycles. The summed E-state index contributed by atoms with van der Waals surface area (Å²) in [6.45, 7) is 3.75. The molecule has 2 rings (SSSR count). The minimum absolute atomic E-state index is 0.240. The number of piperazine rings is 1. The molecule has 1 saturated heterocycles. The highest BCUT2D eigenvalue weighted by molar-refractivity contribution is 7.89. The number of nitrogens with one attached hydrogen (secondary N) is 1. The molecular weight excluding hydrogens is 292 g/mol. The highest BCUT2D eigenvalue weighted by Crippen LogP contribution is 2.17. The lowest BCUT2D eigenvalue weighted by atomic mass is 10.4. The van der Waals surface area contributed by atoms with Crippen LogP contribution in [0.1, 0.15) is 0 Å². The summed E-state index contributed by atoms with van der Waals surface area (Å²) < 4.78 is 31.4. The maximum Gasteiger partial charge on any atom is 0.244 e. The normalized spacial score (nSPS) is 17.8. The number of sulfonamides is 1. The second-order valence-corrected chi connectivity index (χ2v) is 6.94. The first-order valence-corrected chi connectivity index (χ1v) is 8.35. The van der Waals surface area contributed by atoms with Crippen molar-refractivity contribution < 1.29 is 13.2 Å². The van der Waals surface area contributed by atoms with Crippen molar-refractivity contribution >= 4 is 15.8 Å². The summed E-state index contributed by atoms with van der Waals surface area (Å²) in [5.41, 5.74) is 0. The number of anilines is 1. The van der Waals surface area contributed by atoms with Crippen molar-refractivity contribution in [2.75, 3.05) is 58.8 Å². The molecule has 1 fully saturated rings. The Bertz CT molecular complexity index is 539. The molecule has 1 aliphatic heterocycles. The van der Waals surface area contributed by atoms with Crippen molar-refractivity contribution in [1.82, 2.24) is 14.2 Å². The standard InChI is InChI=1S/C13H22N4O3S/c1-16-6-8-17(9-7-16)21(18,19)12-3-4-13(15-11-12)14-5-10-20-2/h3-4,11H,5-10H2,1-2H3,(H,14,15). The summed E-state index contributed by atoms with van der Waals surface area (Å²) in [4.78, 5) is 6.50. The molecule has 8 heteroatoms. The van der Waals surface area contributed by atoms with Crippen LogP contribution >= 0.6 is 0 Å². The highest BCUT2D eigenvalue weighted by atomic mass is 32.2. The molecule has 0 aromatic carbocycles. The zero-order chi connectivity index (χ0) is 15.3. The largest absolute Gasteiger partial charge is 0.383 e. The summed E-state index contributed by atoms with van der Waals surface area (Å²) in [6.07, 6.45) is 1.41. The minimum atomic E-state index is -3.44. The molecule has 1 aliphatic rings.